The van der Waals surface area contributed by atoms with E-state index < -0.39 is 0 Å². The van der Waals surface area contributed by atoms with Crippen molar-refractivity contribution in [3.05, 3.63) is 64.7 Å². The molecule has 0 radical (unpaired) electrons. The van der Waals surface area contributed by atoms with Crippen LogP contribution in [0.2, 0.25) is 0 Å². The fourth-order valence-corrected chi connectivity index (χ4v) is 3.09. The second-order valence-electron chi connectivity index (χ2n) is 6.23. The molecule has 26 heavy (non-hydrogen) atoms. The van der Waals surface area contributed by atoms with Crippen molar-refractivity contribution in [2.75, 3.05) is 14.2 Å². The molecule has 0 unspecified atom stereocenters. The van der Waals surface area contributed by atoms with Gasteiger partial charge in [-0.05, 0) is 66.8 Å². The third-order valence-electron chi connectivity index (χ3n) is 4.46. The van der Waals surface area contributed by atoms with Crippen LogP contribution in [-0.2, 0) is 4.79 Å². The molecule has 1 fully saturated rings. The summed E-state index contributed by atoms with van der Waals surface area (Å²) in [6.07, 6.45) is 6.30. The summed E-state index contributed by atoms with van der Waals surface area (Å²) < 4.78 is 10.6. The minimum Gasteiger partial charge on any atom is -0.508 e. The summed E-state index contributed by atoms with van der Waals surface area (Å²) in [5, 5.41) is 9.38. The smallest absolute Gasteiger partial charge is 0.185 e. The molecule has 0 atom stereocenters. The number of benzene rings is 2. The molecule has 0 amide bonds. The zero-order chi connectivity index (χ0) is 18.5. The maximum atomic E-state index is 12.8. The molecule has 2 aromatic carbocycles. The van der Waals surface area contributed by atoms with Gasteiger partial charge in [0.25, 0.3) is 0 Å². The Kier molecular flexibility index (Phi) is 5.42. The predicted molar refractivity (Wildman–Crippen MR) is 102 cm³/mol. The van der Waals surface area contributed by atoms with E-state index in [1.54, 1.807) is 26.4 Å². The summed E-state index contributed by atoms with van der Waals surface area (Å²) in [5.74, 6) is 1.61. The first-order valence-corrected chi connectivity index (χ1v) is 8.57. The number of rotatable bonds is 4. The van der Waals surface area contributed by atoms with Gasteiger partial charge in [0.05, 0.1) is 14.2 Å². The number of methoxy groups -OCH3 is 2. The molecule has 1 aliphatic carbocycles. The molecule has 0 aliphatic heterocycles. The number of phenols is 1. The lowest BCUT2D eigenvalue weighted by molar-refractivity contribution is -0.112. The zero-order valence-corrected chi connectivity index (χ0v) is 15.0. The van der Waals surface area contributed by atoms with Crippen molar-refractivity contribution in [2.45, 2.75) is 19.3 Å². The van der Waals surface area contributed by atoms with Crippen LogP contribution in [0.15, 0.2) is 53.6 Å². The van der Waals surface area contributed by atoms with Gasteiger partial charge in [0.15, 0.2) is 17.3 Å². The Hall–Kier alpha value is -3.01. The predicted octanol–water partition coefficient (Wildman–Crippen LogP) is 4.63. The van der Waals surface area contributed by atoms with E-state index in [2.05, 4.69) is 0 Å². The van der Waals surface area contributed by atoms with E-state index in [0.29, 0.717) is 11.5 Å². The Balaban J connectivity index is 1.87. The maximum Gasteiger partial charge on any atom is 0.185 e. The number of allylic oxidation sites excluding steroid dienone is 2. The first kappa shape index (κ1) is 17.8. The first-order valence-electron chi connectivity index (χ1n) is 8.57. The van der Waals surface area contributed by atoms with Crippen molar-refractivity contribution in [2.24, 2.45) is 0 Å². The standard InChI is InChI=1S/C22H22O4/c1-25-20-11-8-16(14-21(20)26-2)13-18-5-3-4-17(22(18)24)12-15-6-9-19(23)10-7-15/h6-14,23H,3-5H2,1-2H3. The molecule has 0 heterocycles. The Morgan fingerprint density at radius 3 is 2.04 bits per heavy atom. The number of phenolic OH excluding ortho intramolecular Hbond substituents is 1. The van der Waals surface area contributed by atoms with Gasteiger partial charge in [0.2, 0.25) is 0 Å². The van der Waals surface area contributed by atoms with Gasteiger partial charge in [0.1, 0.15) is 5.75 Å². The molecule has 1 aliphatic rings. The van der Waals surface area contributed by atoms with E-state index in [1.807, 2.05) is 42.5 Å². The number of aromatic hydroxyl groups is 1. The van der Waals surface area contributed by atoms with Crippen molar-refractivity contribution in [3.8, 4) is 17.2 Å². The fourth-order valence-electron chi connectivity index (χ4n) is 3.09. The van der Waals surface area contributed by atoms with Crippen LogP contribution < -0.4 is 9.47 Å². The largest absolute Gasteiger partial charge is 0.508 e. The molecule has 0 saturated heterocycles. The van der Waals surface area contributed by atoms with Crippen LogP contribution in [0.1, 0.15) is 30.4 Å². The van der Waals surface area contributed by atoms with Crippen molar-refractivity contribution in [1.82, 2.24) is 0 Å². The number of carbonyl (C=O) groups excluding carboxylic acids is 1. The maximum absolute atomic E-state index is 12.8. The second kappa shape index (κ2) is 7.91. The van der Waals surface area contributed by atoms with Gasteiger partial charge in [0, 0.05) is 11.1 Å². The fraction of sp³-hybridized carbons (Fsp3) is 0.227. The van der Waals surface area contributed by atoms with Gasteiger partial charge in [-0.1, -0.05) is 18.2 Å². The molecule has 1 N–H and O–H groups in total. The summed E-state index contributed by atoms with van der Waals surface area (Å²) in [7, 11) is 3.19. The van der Waals surface area contributed by atoms with Crippen LogP contribution in [-0.4, -0.2) is 25.1 Å². The third kappa shape index (κ3) is 3.97. The molecule has 1 saturated carbocycles. The highest BCUT2D eigenvalue weighted by atomic mass is 16.5. The quantitative estimate of drug-likeness (QED) is 0.817. The molecular formula is C22H22O4. The summed E-state index contributed by atoms with van der Waals surface area (Å²) in [4.78, 5) is 12.8. The number of ether oxygens (including phenoxy) is 2. The summed E-state index contributed by atoms with van der Waals surface area (Å²) in [6, 6.07) is 12.5. The van der Waals surface area contributed by atoms with Gasteiger partial charge < -0.3 is 14.6 Å². The Morgan fingerprint density at radius 2 is 1.42 bits per heavy atom. The number of Topliss-reactive ketones (excluding diaryl/α,β-unsaturated/α-hetero) is 1. The van der Waals surface area contributed by atoms with Gasteiger partial charge in [-0.3, -0.25) is 4.79 Å². The van der Waals surface area contributed by atoms with Gasteiger partial charge in [-0.15, -0.1) is 0 Å². The Morgan fingerprint density at radius 1 is 0.846 bits per heavy atom. The van der Waals surface area contributed by atoms with Crippen molar-refractivity contribution in [1.29, 1.82) is 0 Å². The summed E-state index contributed by atoms with van der Waals surface area (Å²) >= 11 is 0. The van der Waals surface area contributed by atoms with Crippen LogP contribution in [0.25, 0.3) is 12.2 Å². The normalized spacial score (nSPS) is 17.5. The lowest BCUT2D eigenvalue weighted by Crippen LogP contribution is -2.12. The van der Waals surface area contributed by atoms with E-state index in [0.717, 1.165) is 41.5 Å². The van der Waals surface area contributed by atoms with Gasteiger partial charge in [-0.25, -0.2) is 0 Å². The van der Waals surface area contributed by atoms with Crippen LogP contribution in [0.4, 0.5) is 0 Å². The molecule has 0 aromatic heterocycles. The lowest BCUT2D eigenvalue weighted by Gasteiger charge is -2.17. The highest BCUT2D eigenvalue weighted by molar-refractivity contribution is 6.14. The number of ketones is 1. The average Bonchev–Trinajstić information content (AvgIpc) is 2.66. The topological polar surface area (TPSA) is 55.8 Å². The molecule has 4 nitrogen and oxygen atoms in total. The number of carbonyl (C=O) groups is 1. The molecular weight excluding hydrogens is 328 g/mol. The average molecular weight is 350 g/mol. The van der Waals surface area contributed by atoms with E-state index in [9.17, 15) is 9.90 Å². The SMILES string of the molecule is COc1ccc(C=C2CCCC(=Cc3ccc(O)cc3)C2=O)cc1OC. The second-order valence-corrected chi connectivity index (χ2v) is 6.23. The summed E-state index contributed by atoms with van der Waals surface area (Å²) in [5.41, 5.74) is 3.43. The van der Waals surface area contributed by atoms with Crippen LogP contribution in [0.5, 0.6) is 17.2 Å². The monoisotopic (exact) mass is 350 g/mol. The van der Waals surface area contributed by atoms with E-state index >= 15 is 0 Å². The van der Waals surface area contributed by atoms with Crippen LogP contribution in [0.3, 0.4) is 0 Å². The lowest BCUT2D eigenvalue weighted by atomic mass is 9.87. The van der Waals surface area contributed by atoms with Crippen molar-refractivity contribution < 1.29 is 19.4 Å². The third-order valence-corrected chi connectivity index (χ3v) is 4.46. The van der Waals surface area contributed by atoms with E-state index in [1.165, 1.54) is 0 Å². The molecule has 0 bridgehead atoms. The molecule has 2 aromatic rings. The highest BCUT2D eigenvalue weighted by Gasteiger charge is 2.20. The number of hydrogen-bond acceptors (Lipinski definition) is 4. The molecule has 134 valence electrons. The number of hydrogen-bond donors (Lipinski definition) is 1. The van der Waals surface area contributed by atoms with Gasteiger partial charge in [-0.2, -0.15) is 0 Å². The minimum atomic E-state index is 0.0825. The van der Waals surface area contributed by atoms with Crippen molar-refractivity contribution in [3.63, 3.8) is 0 Å². The molecule has 4 heteroatoms. The zero-order valence-electron chi connectivity index (χ0n) is 15.0. The van der Waals surface area contributed by atoms with Crippen LogP contribution in [0, 0.1) is 0 Å². The van der Waals surface area contributed by atoms with Crippen molar-refractivity contribution >= 4 is 17.9 Å². The highest BCUT2D eigenvalue weighted by Crippen LogP contribution is 2.31. The molecule has 3 rings (SSSR count). The van der Waals surface area contributed by atoms with E-state index in [4.69, 9.17) is 9.47 Å². The first-order chi connectivity index (χ1) is 12.6. The summed E-state index contributed by atoms with van der Waals surface area (Å²) in [6.45, 7) is 0. The Labute approximate surface area is 153 Å². The minimum absolute atomic E-state index is 0.0825. The van der Waals surface area contributed by atoms with Crippen LogP contribution >= 0.6 is 0 Å². The Bertz CT molecular complexity index is 860. The van der Waals surface area contributed by atoms with Gasteiger partial charge >= 0.3 is 0 Å². The molecule has 0 spiro atoms. The van der Waals surface area contributed by atoms with E-state index in [-0.39, 0.29) is 11.5 Å².